The molecule has 9 heteroatoms. The fourth-order valence-corrected chi connectivity index (χ4v) is 3.33. The fraction of sp³-hybridized carbons (Fsp3) is 0.0870. The molecule has 0 saturated carbocycles. The number of aliphatic imine (C=N–C) groups is 1. The van der Waals surface area contributed by atoms with Crippen molar-refractivity contribution < 1.29 is 13.9 Å². The van der Waals surface area contributed by atoms with Crippen LogP contribution in [0.5, 0.6) is 5.88 Å². The van der Waals surface area contributed by atoms with Crippen LogP contribution < -0.4 is 15.4 Å². The summed E-state index contributed by atoms with van der Waals surface area (Å²) >= 11 is 0. The molecule has 5 rings (SSSR count). The highest BCUT2D eigenvalue weighted by Crippen LogP contribution is 2.25. The van der Waals surface area contributed by atoms with Gasteiger partial charge in [0.25, 0.3) is 11.8 Å². The number of rotatable bonds is 5. The number of carbonyl (C=O) groups is 1. The Kier molecular flexibility index (Phi) is 5.04. The minimum atomic E-state index is -0.982. The van der Waals surface area contributed by atoms with E-state index >= 15 is 0 Å². The summed E-state index contributed by atoms with van der Waals surface area (Å²) in [6, 6.07) is 22.5. The van der Waals surface area contributed by atoms with Gasteiger partial charge in [0.05, 0.1) is 18.5 Å². The number of methoxy groups -OCH3 is 1. The van der Waals surface area contributed by atoms with Gasteiger partial charge in [0.2, 0.25) is 12.0 Å². The number of benzodiazepines with no additional fused rings is 1. The third-order valence-electron chi connectivity index (χ3n) is 4.83. The molecule has 1 aliphatic heterocycles. The molecular formula is C23H18N6O3. The maximum atomic E-state index is 12.9. The molecular weight excluding hydrogens is 408 g/mol. The lowest BCUT2D eigenvalue weighted by Crippen LogP contribution is -2.32. The number of hydrogen-bond donors (Lipinski definition) is 2. The summed E-state index contributed by atoms with van der Waals surface area (Å²) in [7, 11) is 1.53. The summed E-state index contributed by atoms with van der Waals surface area (Å²) in [6.07, 6.45) is -0.982. The van der Waals surface area contributed by atoms with E-state index < -0.39 is 6.17 Å². The number of benzene rings is 2. The van der Waals surface area contributed by atoms with Crippen molar-refractivity contribution in [2.75, 3.05) is 17.7 Å². The van der Waals surface area contributed by atoms with Crippen molar-refractivity contribution in [3.8, 4) is 17.5 Å². The van der Waals surface area contributed by atoms with E-state index in [1.807, 2.05) is 54.6 Å². The number of anilines is 2. The van der Waals surface area contributed by atoms with Crippen LogP contribution >= 0.6 is 0 Å². The fourth-order valence-electron chi connectivity index (χ4n) is 3.33. The second-order valence-corrected chi connectivity index (χ2v) is 6.90. The van der Waals surface area contributed by atoms with Crippen LogP contribution in [-0.2, 0) is 4.79 Å². The average Bonchev–Trinajstić information content (AvgIpc) is 3.26. The number of para-hydroxylation sites is 1. The van der Waals surface area contributed by atoms with Crippen LogP contribution in [0.15, 0.2) is 82.2 Å². The van der Waals surface area contributed by atoms with Gasteiger partial charge in [-0.15, -0.1) is 5.10 Å². The maximum Gasteiger partial charge on any atom is 0.317 e. The summed E-state index contributed by atoms with van der Waals surface area (Å²) < 4.78 is 10.8. The first-order valence-electron chi connectivity index (χ1n) is 9.86. The Hall–Kier alpha value is -4.53. The van der Waals surface area contributed by atoms with Crippen LogP contribution in [0.2, 0.25) is 0 Å². The molecule has 1 atom stereocenters. The monoisotopic (exact) mass is 426 g/mol. The summed E-state index contributed by atoms with van der Waals surface area (Å²) in [5, 5.41) is 13.8. The van der Waals surface area contributed by atoms with E-state index in [0.29, 0.717) is 23.0 Å². The van der Waals surface area contributed by atoms with Gasteiger partial charge in [0, 0.05) is 17.2 Å². The largest absolute Gasteiger partial charge is 0.481 e. The van der Waals surface area contributed by atoms with Crippen molar-refractivity contribution in [2.45, 2.75) is 6.17 Å². The topological polar surface area (TPSA) is 115 Å². The summed E-state index contributed by atoms with van der Waals surface area (Å²) in [6.45, 7) is 0. The van der Waals surface area contributed by atoms with Crippen LogP contribution in [0.1, 0.15) is 11.1 Å². The van der Waals surface area contributed by atoms with E-state index in [0.717, 1.165) is 11.1 Å². The zero-order valence-electron chi connectivity index (χ0n) is 17.0. The van der Waals surface area contributed by atoms with Crippen molar-refractivity contribution in [3.05, 3.63) is 83.9 Å². The molecule has 158 valence electrons. The second kappa shape index (κ2) is 8.31. The van der Waals surface area contributed by atoms with Crippen LogP contribution in [0.4, 0.5) is 11.7 Å². The zero-order chi connectivity index (χ0) is 21.9. The lowest BCUT2D eigenvalue weighted by molar-refractivity contribution is -0.116. The molecule has 1 aliphatic rings. The molecule has 4 aromatic rings. The standard InChI is InChI=1S/C23H18N6O3/c1-31-18-13-7-12-17(24-18)22-28-29-23(32-22)27-20-21(30)25-16-11-6-5-10-15(16)19(26-20)14-8-3-2-4-9-14/h2-13,20H,1H3,(H,25,30)(H,27,29)/t20-/m1/s1. The lowest BCUT2D eigenvalue weighted by Gasteiger charge is -2.11. The van der Waals surface area contributed by atoms with Gasteiger partial charge in [-0.05, 0) is 12.1 Å². The third-order valence-corrected chi connectivity index (χ3v) is 4.83. The Labute approximate surface area is 183 Å². The number of fused-ring (bicyclic) bond motifs is 1. The minimum Gasteiger partial charge on any atom is -0.481 e. The number of carbonyl (C=O) groups excluding carboxylic acids is 1. The Balaban J connectivity index is 1.48. The van der Waals surface area contributed by atoms with Gasteiger partial charge in [-0.3, -0.25) is 4.79 Å². The second-order valence-electron chi connectivity index (χ2n) is 6.90. The number of amides is 1. The van der Waals surface area contributed by atoms with E-state index in [1.165, 1.54) is 7.11 Å². The molecule has 0 spiro atoms. The van der Waals surface area contributed by atoms with E-state index in [4.69, 9.17) is 14.1 Å². The van der Waals surface area contributed by atoms with E-state index in [2.05, 4.69) is 25.8 Å². The molecule has 3 heterocycles. The highest BCUT2D eigenvalue weighted by molar-refractivity contribution is 6.19. The Bertz CT molecular complexity index is 1300. The van der Waals surface area contributed by atoms with Crippen LogP contribution in [0, 0.1) is 0 Å². The highest BCUT2D eigenvalue weighted by Gasteiger charge is 2.27. The highest BCUT2D eigenvalue weighted by atomic mass is 16.5. The van der Waals surface area contributed by atoms with Gasteiger partial charge in [-0.1, -0.05) is 59.7 Å². The molecule has 0 fully saturated rings. The number of pyridine rings is 1. The predicted octanol–water partition coefficient (Wildman–Crippen LogP) is 3.37. The summed E-state index contributed by atoms with van der Waals surface area (Å²) in [5.41, 5.74) is 3.51. The number of aromatic nitrogens is 3. The van der Waals surface area contributed by atoms with Gasteiger partial charge in [-0.2, -0.15) is 0 Å². The normalized spacial score (nSPS) is 15.2. The van der Waals surface area contributed by atoms with Crippen molar-refractivity contribution in [1.82, 2.24) is 15.2 Å². The number of hydrogen-bond acceptors (Lipinski definition) is 8. The summed E-state index contributed by atoms with van der Waals surface area (Å²) in [4.78, 5) is 21.9. The third kappa shape index (κ3) is 3.79. The van der Waals surface area contributed by atoms with Crippen molar-refractivity contribution >= 4 is 23.3 Å². The number of ether oxygens (including phenoxy) is 1. The molecule has 0 radical (unpaired) electrons. The molecule has 0 unspecified atom stereocenters. The first kappa shape index (κ1) is 19.4. The smallest absolute Gasteiger partial charge is 0.317 e. The molecule has 2 aromatic carbocycles. The molecule has 2 aromatic heterocycles. The molecule has 0 bridgehead atoms. The molecule has 2 N–H and O–H groups in total. The van der Waals surface area contributed by atoms with Crippen LogP contribution in [0.25, 0.3) is 11.6 Å². The van der Waals surface area contributed by atoms with E-state index in [-0.39, 0.29) is 17.8 Å². The quantitative estimate of drug-likeness (QED) is 0.503. The first-order valence-corrected chi connectivity index (χ1v) is 9.86. The van der Waals surface area contributed by atoms with Gasteiger partial charge >= 0.3 is 6.01 Å². The minimum absolute atomic E-state index is 0.0480. The Morgan fingerprint density at radius 3 is 2.62 bits per heavy atom. The van der Waals surface area contributed by atoms with Crippen molar-refractivity contribution in [2.24, 2.45) is 4.99 Å². The van der Waals surface area contributed by atoms with Gasteiger partial charge < -0.3 is 19.8 Å². The summed E-state index contributed by atoms with van der Waals surface area (Å²) in [5.74, 6) is 0.270. The van der Waals surface area contributed by atoms with Gasteiger partial charge in [-0.25, -0.2) is 9.98 Å². The zero-order valence-corrected chi connectivity index (χ0v) is 17.0. The molecule has 0 saturated heterocycles. The van der Waals surface area contributed by atoms with E-state index in [9.17, 15) is 4.79 Å². The average molecular weight is 426 g/mol. The predicted molar refractivity (Wildman–Crippen MR) is 119 cm³/mol. The molecule has 1 amide bonds. The Morgan fingerprint density at radius 1 is 0.969 bits per heavy atom. The SMILES string of the molecule is COc1cccc(-c2nnc(N[C@H]3N=C(c4ccccc4)c4ccccc4NC3=O)o2)n1. The Morgan fingerprint density at radius 2 is 1.78 bits per heavy atom. The van der Waals surface area contributed by atoms with Crippen molar-refractivity contribution in [1.29, 1.82) is 0 Å². The number of nitrogens with one attached hydrogen (secondary N) is 2. The molecule has 9 nitrogen and oxygen atoms in total. The van der Waals surface area contributed by atoms with Crippen LogP contribution in [0.3, 0.4) is 0 Å². The first-order chi connectivity index (χ1) is 15.7. The van der Waals surface area contributed by atoms with Crippen LogP contribution in [-0.4, -0.2) is 40.1 Å². The maximum absolute atomic E-state index is 12.9. The molecule has 0 aliphatic carbocycles. The van der Waals surface area contributed by atoms with E-state index in [1.54, 1.807) is 18.2 Å². The van der Waals surface area contributed by atoms with Crippen molar-refractivity contribution in [3.63, 3.8) is 0 Å². The molecule has 32 heavy (non-hydrogen) atoms. The number of nitrogens with zero attached hydrogens (tertiary/aromatic N) is 4. The van der Waals surface area contributed by atoms with Gasteiger partial charge in [0.15, 0.2) is 0 Å². The lowest BCUT2D eigenvalue weighted by atomic mass is 10.0. The van der Waals surface area contributed by atoms with Gasteiger partial charge in [0.1, 0.15) is 5.69 Å².